The minimum absolute atomic E-state index is 0.152. The van der Waals surface area contributed by atoms with Gasteiger partial charge in [0.25, 0.3) is 5.91 Å². The molecule has 1 fully saturated rings. The van der Waals surface area contributed by atoms with Crippen LogP contribution in [0, 0.1) is 0 Å². The van der Waals surface area contributed by atoms with Gasteiger partial charge in [-0.3, -0.25) is 9.59 Å². The number of carbonyl (C=O) groups is 2. The quantitative estimate of drug-likeness (QED) is 0.691. The molecule has 2 atom stereocenters. The third-order valence-corrected chi connectivity index (χ3v) is 3.85. The molecule has 2 heterocycles. The Labute approximate surface area is 114 Å². The van der Waals surface area contributed by atoms with E-state index in [2.05, 4.69) is 5.32 Å². The molecule has 0 aliphatic carbocycles. The highest BCUT2D eigenvalue weighted by Gasteiger charge is 2.32. The van der Waals surface area contributed by atoms with Crippen molar-refractivity contribution < 1.29 is 19.8 Å². The zero-order valence-electron chi connectivity index (χ0n) is 10.3. The van der Waals surface area contributed by atoms with Crippen LogP contribution < -0.4 is 5.32 Å². The number of nitrogens with zero attached hydrogens (tertiary/aromatic N) is 1. The van der Waals surface area contributed by atoms with Crippen LogP contribution in [0.3, 0.4) is 0 Å². The van der Waals surface area contributed by atoms with Crippen LogP contribution in [0.1, 0.15) is 16.1 Å². The van der Waals surface area contributed by atoms with Crippen molar-refractivity contribution in [2.24, 2.45) is 0 Å². The van der Waals surface area contributed by atoms with Crippen LogP contribution in [-0.4, -0.2) is 58.8 Å². The van der Waals surface area contributed by atoms with Gasteiger partial charge in [-0.1, -0.05) is 6.07 Å². The topological polar surface area (TPSA) is 89.9 Å². The first-order chi connectivity index (χ1) is 9.08. The highest BCUT2D eigenvalue weighted by Crippen LogP contribution is 2.11. The molecule has 7 heteroatoms. The van der Waals surface area contributed by atoms with Crippen LogP contribution >= 0.6 is 11.3 Å². The predicted octanol–water partition coefficient (Wildman–Crippen LogP) is -0.568. The van der Waals surface area contributed by atoms with Gasteiger partial charge in [-0.2, -0.15) is 0 Å². The molecular formula is C12H16N2O4S. The summed E-state index contributed by atoms with van der Waals surface area (Å²) in [6.45, 7) is 0.552. The van der Waals surface area contributed by atoms with Gasteiger partial charge in [0.2, 0.25) is 5.91 Å². The molecule has 0 bridgehead atoms. The SMILES string of the molecule is O=C(NCCC(=O)N1CC(O)C(O)C1)c1cccs1. The molecule has 1 saturated heterocycles. The summed E-state index contributed by atoms with van der Waals surface area (Å²) < 4.78 is 0. The fourth-order valence-corrected chi connectivity index (χ4v) is 2.55. The van der Waals surface area contributed by atoms with E-state index in [9.17, 15) is 19.8 Å². The summed E-state index contributed by atoms with van der Waals surface area (Å²) in [5.74, 6) is -0.369. The third-order valence-electron chi connectivity index (χ3n) is 2.98. The molecule has 2 unspecified atom stereocenters. The molecule has 6 nitrogen and oxygen atoms in total. The van der Waals surface area contributed by atoms with E-state index in [1.54, 1.807) is 12.1 Å². The van der Waals surface area contributed by atoms with Gasteiger partial charge in [-0.05, 0) is 11.4 Å². The Hall–Kier alpha value is -1.44. The molecule has 1 aliphatic heterocycles. The maximum absolute atomic E-state index is 11.8. The lowest BCUT2D eigenvalue weighted by atomic mass is 10.3. The van der Waals surface area contributed by atoms with E-state index in [1.165, 1.54) is 16.2 Å². The Morgan fingerprint density at radius 1 is 1.37 bits per heavy atom. The van der Waals surface area contributed by atoms with Gasteiger partial charge in [0.15, 0.2) is 0 Å². The average molecular weight is 284 g/mol. The zero-order chi connectivity index (χ0) is 13.8. The van der Waals surface area contributed by atoms with E-state index < -0.39 is 12.2 Å². The average Bonchev–Trinajstić information content (AvgIpc) is 3.00. The van der Waals surface area contributed by atoms with Crippen molar-refractivity contribution in [3.8, 4) is 0 Å². The van der Waals surface area contributed by atoms with Crippen molar-refractivity contribution in [3.05, 3.63) is 22.4 Å². The molecule has 0 spiro atoms. The molecule has 1 aliphatic rings. The van der Waals surface area contributed by atoms with Crippen LogP contribution in [0.15, 0.2) is 17.5 Å². The molecule has 1 aromatic rings. The van der Waals surface area contributed by atoms with Crippen LogP contribution in [-0.2, 0) is 4.79 Å². The summed E-state index contributed by atoms with van der Waals surface area (Å²) in [5, 5.41) is 23.2. The highest BCUT2D eigenvalue weighted by molar-refractivity contribution is 7.12. The summed E-state index contributed by atoms with van der Waals surface area (Å²) >= 11 is 1.34. The monoisotopic (exact) mass is 284 g/mol. The van der Waals surface area contributed by atoms with Gasteiger partial charge in [-0.15, -0.1) is 11.3 Å². The Bertz CT molecular complexity index is 439. The number of likely N-dealkylation sites (tertiary alicyclic amines) is 1. The lowest BCUT2D eigenvalue weighted by Gasteiger charge is -2.15. The molecule has 0 aromatic carbocycles. The Balaban J connectivity index is 1.71. The second-order valence-corrected chi connectivity index (χ2v) is 5.36. The van der Waals surface area contributed by atoms with E-state index in [0.717, 1.165) is 0 Å². The fourth-order valence-electron chi connectivity index (χ4n) is 1.91. The van der Waals surface area contributed by atoms with Gasteiger partial charge in [0.05, 0.1) is 17.1 Å². The second-order valence-electron chi connectivity index (χ2n) is 4.42. The first kappa shape index (κ1) is 14.0. The number of carbonyl (C=O) groups excluding carboxylic acids is 2. The Morgan fingerprint density at radius 3 is 2.63 bits per heavy atom. The molecule has 2 amide bonds. The molecule has 1 aromatic heterocycles. The number of rotatable bonds is 4. The van der Waals surface area contributed by atoms with E-state index in [0.29, 0.717) is 4.88 Å². The maximum atomic E-state index is 11.8. The van der Waals surface area contributed by atoms with Crippen molar-refractivity contribution in [1.82, 2.24) is 10.2 Å². The van der Waals surface area contributed by atoms with Gasteiger partial charge < -0.3 is 20.4 Å². The summed E-state index contributed by atoms with van der Waals surface area (Å²) in [5.41, 5.74) is 0. The van der Waals surface area contributed by atoms with Crippen LogP contribution in [0.5, 0.6) is 0 Å². The van der Waals surface area contributed by atoms with Crippen LogP contribution in [0.4, 0.5) is 0 Å². The van der Waals surface area contributed by atoms with E-state index in [4.69, 9.17) is 0 Å². The largest absolute Gasteiger partial charge is 0.388 e. The smallest absolute Gasteiger partial charge is 0.261 e. The number of hydrogen-bond acceptors (Lipinski definition) is 5. The van der Waals surface area contributed by atoms with Crippen LogP contribution in [0.2, 0.25) is 0 Å². The van der Waals surface area contributed by atoms with Crippen molar-refractivity contribution >= 4 is 23.2 Å². The standard InChI is InChI=1S/C12H16N2O4S/c15-8-6-14(7-9(8)16)11(17)3-4-13-12(18)10-2-1-5-19-10/h1-2,5,8-9,15-16H,3-4,6-7H2,(H,13,18). The third kappa shape index (κ3) is 3.52. The number of nitrogens with one attached hydrogen (secondary N) is 1. The van der Waals surface area contributed by atoms with Crippen molar-refractivity contribution in [2.75, 3.05) is 19.6 Å². The number of aliphatic hydroxyl groups is 2. The van der Waals surface area contributed by atoms with Crippen molar-refractivity contribution in [1.29, 1.82) is 0 Å². The number of β-amino-alcohol motifs (C(OH)–C–C–N with tert-alkyl or cyclic N) is 2. The minimum Gasteiger partial charge on any atom is -0.388 e. The van der Waals surface area contributed by atoms with Gasteiger partial charge in [0.1, 0.15) is 0 Å². The molecule has 104 valence electrons. The maximum Gasteiger partial charge on any atom is 0.261 e. The zero-order valence-corrected chi connectivity index (χ0v) is 11.1. The molecule has 2 rings (SSSR count). The number of amides is 2. The number of thiophene rings is 1. The highest BCUT2D eigenvalue weighted by atomic mass is 32.1. The first-order valence-corrected chi connectivity index (χ1v) is 6.91. The summed E-state index contributed by atoms with van der Waals surface area (Å²) in [7, 11) is 0. The lowest BCUT2D eigenvalue weighted by Crippen LogP contribution is -2.33. The normalized spacial score (nSPS) is 22.5. The lowest BCUT2D eigenvalue weighted by molar-refractivity contribution is -0.130. The Morgan fingerprint density at radius 2 is 2.05 bits per heavy atom. The molecule has 19 heavy (non-hydrogen) atoms. The summed E-state index contributed by atoms with van der Waals surface area (Å²) in [6, 6.07) is 3.51. The van der Waals surface area contributed by atoms with Crippen molar-refractivity contribution in [2.45, 2.75) is 18.6 Å². The molecular weight excluding hydrogens is 268 g/mol. The van der Waals surface area contributed by atoms with E-state index in [1.807, 2.05) is 5.38 Å². The van der Waals surface area contributed by atoms with E-state index in [-0.39, 0.29) is 37.9 Å². The predicted molar refractivity (Wildman–Crippen MR) is 69.9 cm³/mol. The second kappa shape index (κ2) is 6.14. The number of aliphatic hydroxyl groups excluding tert-OH is 2. The van der Waals surface area contributed by atoms with E-state index >= 15 is 0 Å². The number of hydrogen-bond donors (Lipinski definition) is 3. The summed E-state index contributed by atoms with van der Waals surface area (Å²) in [4.78, 5) is 25.4. The fraction of sp³-hybridized carbons (Fsp3) is 0.500. The molecule has 0 radical (unpaired) electrons. The minimum atomic E-state index is -0.871. The molecule has 0 saturated carbocycles. The molecule has 3 N–H and O–H groups in total. The van der Waals surface area contributed by atoms with Crippen molar-refractivity contribution in [3.63, 3.8) is 0 Å². The first-order valence-electron chi connectivity index (χ1n) is 6.03. The summed E-state index contributed by atoms with van der Waals surface area (Å²) in [6.07, 6.45) is -1.58. The van der Waals surface area contributed by atoms with Gasteiger partial charge in [-0.25, -0.2) is 0 Å². The Kier molecular flexibility index (Phi) is 4.52. The van der Waals surface area contributed by atoms with Gasteiger partial charge >= 0.3 is 0 Å². The van der Waals surface area contributed by atoms with Crippen LogP contribution in [0.25, 0.3) is 0 Å². The van der Waals surface area contributed by atoms with Gasteiger partial charge in [0, 0.05) is 26.1 Å².